The summed E-state index contributed by atoms with van der Waals surface area (Å²) in [5.74, 6) is -1.18. The molecule has 1 aromatic carbocycles. The number of likely N-dealkylation sites (N-methyl/N-ethyl adjacent to an activating group) is 1. The van der Waals surface area contributed by atoms with Gasteiger partial charge in [-0.2, -0.15) is 4.31 Å². The molecule has 0 amide bonds. The Morgan fingerprint density at radius 1 is 1.35 bits per heavy atom. The summed E-state index contributed by atoms with van der Waals surface area (Å²) >= 11 is 0. The summed E-state index contributed by atoms with van der Waals surface area (Å²) in [7, 11) is -2.52. The van der Waals surface area contributed by atoms with Gasteiger partial charge in [0.25, 0.3) is 0 Å². The van der Waals surface area contributed by atoms with Crippen molar-refractivity contribution in [1.29, 1.82) is 0 Å². The number of carboxylic acid groups (broad SMARTS) is 1. The molecule has 0 atom stereocenters. The zero-order valence-corrected chi connectivity index (χ0v) is 12.7. The molecule has 2 N–H and O–H groups in total. The minimum absolute atomic E-state index is 0.0544. The van der Waals surface area contributed by atoms with Crippen LogP contribution in [0.3, 0.4) is 0 Å². The van der Waals surface area contributed by atoms with Gasteiger partial charge in [-0.3, -0.25) is 0 Å². The van der Waals surface area contributed by atoms with Gasteiger partial charge in [-0.15, -0.1) is 0 Å². The van der Waals surface area contributed by atoms with Crippen molar-refractivity contribution in [1.82, 2.24) is 4.31 Å². The lowest BCUT2D eigenvalue weighted by atomic mass is 10.1. The Bertz CT molecular complexity index is 622. The number of hydrogen-bond donors (Lipinski definition) is 2. The monoisotopic (exact) mass is 301 g/mol. The molecule has 112 valence electrons. The number of hydrogen-bond acceptors (Lipinski definition) is 4. The van der Waals surface area contributed by atoms with Crippen molar-refractivity contribution in [3.8, 4) is 0 Å². The van der Waals surface area contributed by atoms with E-state index in [0.717, 1.165) is 10.4 Å². The van der Waals surface area contributed by atoms with Crippen LogP contribution in [0.25, 0.3) is 0 Å². The van der Waals surface area contributed by atoms with Crippen molar-refractivity contribution in [2.75, 3.05) is 13.7 Å². The lowest BCUT2D eigenvalue weighted by molar-refractivity contribution is 0.0696. The SMILES string of the molecule is Cc1ccc(S(=O)(=O)N(C)C(C)(C)CO)cc1C(=O)O. The van der Waals surface area contributed by atoms with E-state index in [1.54, 1.807) is 20.8 Å². The largest absolute Gasteiger partial charge is 0.478 e. The van der Waals surface area contributed by atoms with E-state index in [0.29, 0.717) is 5.56 Å². The number of nitrogens with zero attached hydrogens (tertiary/aromatic N) is 1. The molecule has 0 saturated carbocycles. The van der Waals surface area contributed by atoms with Crippen LogP contribution in [0.4, 0.5) is 0 Å². The van der Waals surface area contributed by atoms with E-state index in [9.17, 15) is 18.3 Å². The van der Waals surface area contributed by atoms with Crippen molar-refractivity contribution in [3.05, 3.63) is 29.3 Å². The van der Waals surface area contributed by atoms with E-state index in [1.165, 1.54) is 19.2 Å². The summed E-state index contributed by atoms with van der Waals surface area (Å²) in [5, 5.41) is 18.3. The molecule has 0 aliphatic heterocycles. The van der Waals surface area contributed by atoms with Crippen LogP contribution in [-0.4, -0.2) is 48.1 Å². The van der Waals surface area contributed by atoms with Gasteiger partial charge in [0.2, 0.25) is 10.0 Å². The fraction of sp³-hybridized carbons (Fsp3) is 0.462. The third-order valence-electron chi connectivity index (χ3n) is 3.34. The van der Waals surface area contributed by atoms with Crippen molar-refractivity contribution in [3.63, 3.8) is 0 Å². The molecule has 0 radical (unpaired) electrons. The molecule has 0 saturated heterocycles. The van der Waals surface area contributed by atoms with Crippen molar-refractivity contribution < 1.29 is 23.4 Å². The summed E-state index contributed by atoms with van der Waals surface area (Å²) in [6.45, 7) is 4.41. The number of carboxylic acids is 1. The molecule has 1 aromatic rings. The number of aliphatic hydroxyl groups excluding tert-OH is 1. The Hall–Kier alpha value is -1.44. The molecular weight excluding hydrogens is 282 g/mol. The van der Waals surface area contributed by atoms with E-state index in [-0.39, 0.29) is 17.1 Å². The predicted octanol–water partition coefficient (Wildman–Crippen LogP) is 1.08. The first kappa shape index (κ1) is 16.6. The normalized spacial score (nSPS) is 12.7. The van der Waals surface area contributed by atoms with E-state index < -0.39 is 21.5 Å². The van der Waals surface area contributed by atoms with Gasteiger partial charge in [-0.25, -0.2) is 13.2 Å². The average Bonchev–Trinajstić information content (AvgIpc) is 2.37. The molecule has 0 fully saturated rings. The Morgan fingerprint density at radius 3 is 2.35 bits per heavy atom. The highest BCUT2D eigenvalue weighted by Gasteiger charge is 2.34. The highest BCUT2D eigenvalue weighted by Crippen LogP contribution is 2.24. The van der Waals surface area contributed by atoms with Crippen LogP contribution in [-0.2, 0) is 10.0 Å². The fourth-order valence-corrected chi connectivity index (χ4v) is 3.11. The minimum Gasteiger partial charge on any atom is -0.478 e. The number of benzene rings is 1. The first-order valence-electron chi connectivity index (χ1n) is 5.98. The number of carbonyl (C=O) groups is 1. The molecule has 0 aromatic heterocycles. The van der Waals surface area contributed by atoms with Gasteiger partial charge < -0.3 is 10.2 Å². The molecular formula is C13H19NO5S. The zero-order valence-electron chi connectivity index (χ0n) is 11.9. The highest BCUT2D eigenvalue weighted by molar-refractivity contribution is 7.89. The van der Waals surface area contributed by atoms with Gasteiger partial charge in [0.05, 0.1) is 22.6 Å². The van der Waals surface area contributed by atoms with Crippen LogP contribution in [0.1, 0.15) is 29.8 Å². The van der Waals surface area contributed by atoms with Crippen LogP contribution in [0.2, 0.25) is 0 Å². The lowest BCUT2D eigenvalue weighted by Crippen LogP contribution is -2.47. The van der Waals surface area contributed by atoms with Crippen molar-refractivity contribution >= 4 is 16.0 Å². The fourth-order valence-electron chi connectivity index (χ4n) is 1.58. The minimum atomic E-state index is -3.87. The van der Waals surface area contributed by atoms with Gasteiger partial charge in [0.15, 0.2) is 0 Å². The Balaban J connectivity index is 3.37. The molecule has 7 heteroatoms. The molecule has 0 aliphatic carbocycles. The molecule has 6 nitrogen and oxygen atoms in total. The number of sulfonamides is 1. The molecule has 0 unspecified atom stereocenters. The molecule has 0 heterocycles. The number of aromatic carboxylic acids is 1. The molecule has 0 bridgehead atoms. The third kappa shape index (κ3) is 3.00. The van der Waals surface area contributed by atoms with E-state index in [4.69, 9.17) is 5.11 Å². The lowest BCUT2D eigenvalue weighted by Gasteiger charge is -2.32. The number of aliphatic hydroxyl groups is 1. The maximum absolute atomic E-state index is 12.4. The van der Waals surface area contributed by atoms with Gasteiger partial charge >= 0.3 is 5.97 Å². The average molecular weight is 301 g/mol. The summed E-state index contributed by atoms with van der Waals surface area (Å²) < 4.78 is 25.9. The summed E-state index contributed by atoms with van der Waals surface area (Å²) in [4.78, 5) is 11.0. The predicted molar refractivity (Wildman–Crippen MR) is 74.3 cm³/mol. The van der Waals surface area contributed by atoms with E-state index >= 15 is 0 Å². The molecule has 0 aliphatic rings. The Morgan fingerprint density at radius 2 is 1.90 bits per heavy atom. The first-order chi connectivity index (χ1) is 9.04. The second-order valence-electron chi connectivity index (χ2n) is 5.22. The van der Waals surface area contributed by atoms with Crippen molar-refractivity contribution in [2.24, 2.45) is 0 Å². The maximum atomic E-state index is 12.4. The topological polar surface area (TPSA) is 94.9 Å². The first-order valence-corrected chi connectivity index (χ1v) is 7.42. The maximum Gasteiger partial charge on any atom is 0.335 e. The highest BCUT2D eigenvalue weighted by atomic mass is 32.2. The van der Waals surface area contributed by atoms with Crippen molar-refractivity contribution in [2.45, 2.75) is 31.2 Å². The van der Waals surface area contributed by atoms with Gasteiger partial charge in [0, 0.05) is 7.05 Å². The Kier molecular flexibility index (Phi) is 4.58. The zero-order chi connectivity index (χ0) is 15.7. The summed E-state index contributed by atoms with van der Waals surface area (Å²) in [5.41, 5.74) is -0.547. The standard InChI is InChI=1S/C13H19NO5S/c1-9-5-6-10(7-11(9)12(16)17)20(18,19)14(4)13(2,3)8-15/h5-7,15H,8H2,1-4H3,(H,16,17). The van der Waals surface area contributed by atoms with Crippen LogP contribution in [0, 0.1) is 6.92 Å². The van der Waals surface area contributed by atoms with E-state index in [2.05, 4.69) is 0 Å². The number of aryl methyl sites for hydroxylation is 1. The van der Waals surface area contributed by atoms with Gasteiger partial charge in [-0.1, -0.05) is 6.07 Å². The summed E-state index contributed by atoms with van der Waals surface area (Å²) in [6, 6.07) is 3.95. The molecule has 1 rings (SSSR count). The molecule has 0 spiro atoms. The van der Waals surface area contributed by atoms with Crippen LogP contribution in [0.5, 0.6) is 0 Å². The quantitative estimate of drug-likeness (QED) is 0.848. The number of rotatable bonds is 5. The van der Waals surface area contributed by atoms with Crippen LogP contribution in [0.15, 0.2) is 23.1 Å². The smallest absolute Gasteiger partial charge is 0.335 e. The van der Waals surface area contributed by atoms with Crippen LogP contribution >= 0.6 is 0 Å². The van der Waals surface area contributed by atoms with Gasteiger partial charge in [-0.05, 0) is 38.5 Å². The van der Waals surface area contributed by atoms with Gasteiger partial charge in [0.1, 0.15) is 0 Å². The molecule has 20 heavy (non-hydrogen) atoms. The second-order valence-corrected chi connectivity index (χ2v) is 7.19. The van der Waals surface area contributed by atoms with E-state index in [1.807, 2.05) is 0 Å². The third-order valence-corrected chi connectivity index (χ3v) is 5.40. The Labute approximate surface area is 118 Å². The second kappa shape index (κ2) is 5.51. The van der Waals surface area contributed by atoms with Crippen LogP contribution < -0.4 is 0 Å². The summed E-state index contributed by atoms with van der Waals surface area (Å²) in [6.07, 6.45) is 0.